The maximum Gasteiger partial charge on any atom is 0.332 e. The minimum atomic E-state index is -0.946. The predicted octanol–water partition coefficient (Wildman–Crippen LogP) is -2.23. The molecule has 0 spiro atoms. The number of primary amides is 1. The molecule has 7 nitrogen and oxygen atoms in total. The van der Waals surface area contributed by atoms with Crippen molar-refractivity contribution in [2.75, 3.05) is 5.73 Å². The van der Waals surface area contributed by atoms with Crippen LogP contribution in [-0.4, -0.2) is 15.0 Å². The smallest absolute Gasteiger partial charge is 0.332 e. The molecule has 76 valence electrons. The van der Waals surface area contributed by atoms with Crippen LogP contribution in [0.15, 0.2) is 9.59 Å². The molecular weight excluding hydrogens is 188 g/mol. The SMILES string of the molecule is Cn1c(N)c(C(N)=O)c(=O)n(C)c1=O. The van der Waals surface area contributed by atoms with Crippen LogP contribution in [0.3, 0.4) is 0 Å². The number of hydrogen-bond donors (Lipinski definition) is 2. The number of nitrogens with zero attached hydrogens (tertiary/aromatic N) is 2. The predicted molar refractivity (Wildman–Crippen MR) is 49.9 cm³/mol. The molecule has 0 aliphatic rings. The van der Waals surface area contributed by atoms with Crippen LogP contribution < -0.4 is 22.7 Å². The van der Waals surface area contributed by atoms with Crippen LogP contribution >= 0.6 is 0 Å². The Kier molecular flexibility index (Phi) is 2.16. The molecule has 0 fully saturated rings. The van der Waals surface area contributed by atoms with E-state index in [1.54, 1.807) is 0 Å². The lowest BCUT2D eigenvalue weighted by Crippen LogP contribution is -2.42. The lowest BCUT2D eigenvalue weighted by atomic mass is 10.3. The minimum absolute atomic E-state index is 0.217. The summed E-state index contributed by atoms with van der Waals surface area (Å²) in [6.07, 6.45) is 0. The molecule has 1 rings (SSSR count). The molecule has 0 aliphatic heterocycles. The highest BCUT2D eigenvalue weighted by Gasteiger charge is 2.16. The van der Waals surface area contributed by atoms with E-state index in [1.807, 2.05) is 0 Å². The number of nitrogen functional groups attached to an aromatic ring is 1. The van der Waals surface area contributed by atoms with Crippen LogP contribution in [0.25, 0.3) is 0 Å². The zero-order chi connectivity index (χ0) is 11.0. The third kappa shape index (κ3) is 1.18. The second kappa shape index (κ2) is 3.02. The Morgan fingerprint density at radius 1 is 1.21 bits per heavy atom. The normalized spacial score (nSPS) is 10.1. The van der Waals surface area contributed by atoms with Gasteiger partial charge in [0.05, 0.1) is 0 Å². The molecule has 7 heteroatoms. The molecule has 4 N–H and O–H groups in total. The number of nitrogens with two attached hydrogens (primary N) is 2. The van der Waals surface area contributed by atoms with E-state index < -0.39 is 17.2 Å². The molecular formula is C7H10N4O3. The molecule has 0 radical (unpaired) electrons. The Balaban J connectivity index is 3.88. The molecule has 1 heterocycles. The van der Waals surface area contributed by atoms with Crippen molar-refractivity contribution in [1.29, 1.82) is 0 Å². The minimum Gasteiger partial charge on any atom is -0.384 e. The van der Waals surface area contributed by atoms with Gasteiger partial charge in [-0.2, -0.15) is 0 Å². The van der Waals surface area contributed by atoms with Crippen LogP contribution in [-0.2, 0) is 14.1 Å². The molecule has 0 bridgehead atoms. The van der Waals surface area contributed by atoms with Gasteiger partial charge >= 0.3 is 5.69 Å². The van der Waals surface area contributed by atoms with E-state index in [0.717, 1.165) is 9.13 Å². The Morgan fingerprint density at radius 2 is 1.71 bits per heavy atom. The summed E-state index contributed by atoms with van der Waals surface area (Å²) >= 11 is 0. The van der Waals surface area contributed by atoms with E-state index in [9.17, 15) is 14.4 Å². The molecule has 1 aromatic heterocycles. The van der Waals surface area contributed by atoms with Crippen LogP contribution in [0.2, 0.25) is 0 Å². The molecule has 0 aliphatic carbocycles. The standard InChI is InChI=1S/C7H10N4O3/c1-10-4(8)3(5(9)12)6(13)11(2)7(10)14/h8H2,1-2H3,(H2,9,12). The Morgan fingerprint density at radius 3 is 2.14 bits per heavy atom. The Bertz CT molecular complexity index is 511. The second-order valence-corrected chi connectivity index (χ2v) is 2.83. The summed E-state index contributed by atoms with van der Waals surface area (Å²) in [4.78, 5) is 33.5. The van der Waals surface area contributed by atoms with Crippen molar-refractivity contribution in [1.82, 2.24) is 9.13 Å². The van der Waals surface area contributed by atoms with E-state index in [1.165, 1.54) is 14.1 Å². The van der Waals surface area contributed by atoms with Gasteiger partial charge in [0.15, 0.2) is 0 Å². The van der Waals surface area contributed by atoms with Gasteiger partial charge in [0.25, 0.3) is 11.5 Å². The van der Waals surface area contributed by atoms with Crippen LogP contribution in [0.1, 0.15) is 10.4 Å². The summed E-state index contributed by atoms with van der Waals surface area (Å²) in [5.74, 6) is -1.16. The van der Waals surface area contributed by atoms with Gasteiger partial charge < -0.3 is 11.5 Å². The number of rotatable bonds is 1. The summed E-state index contributed by atoms with van der Waals surface area (Å²) in [6, 6.07) is 0. The highest BCUT2D eigenvalue weighted by atomic mass is 16.2. The fourth-order valence-corrected chi connectivity index (χ4v) is 1.09. The summed E-state index contributed by atoms with van der Waals surface area (Å²) in [5.41, 5.74) is 8.61. The van der Waals surface area contributed by atoms with E-state index in [2.05, 4.69) is 0 Å². The van der Waals surface area contributed by atoms with Gasteiger partial charge in [-0.1, -0.05) is 0 Å². The summed E-state index contributed by atoms with van der Waals surface area (Å²) < 4.78 is 1.76. The van der Waals surface area contributed by atoms with Gasteiger partial charge in [-0.3, -0.25) is 18.7 Å². The van der Waals surface area contributed by atoms with Gasteiger partial charge in [-0.25, -0.2) is 4.79 Å². The molecule has 0 saturated carbocycles. The molecule has 0 saturated heterocycles. The fraction of sp³-hybridized carbons (Fsp3) is 0.286. The Labute approximate surface area is 78.5 Å². The van der Waals surface area contributed by atoms with Crippen LogP contribution in [0, 0.1) is 0 Å². The average molecular weight is 198 g/mol. The lowest BCUT2D eigenvalue weighted by molar-refractivity contribution is 0.0998. The first kappa shape index (κ1) is 10.0. The third-order valence-corrected chi connectivity index (χ3v) is 1.96. The van der Waals surface area contributed by atoms with Crippen LogP contribution in [0.4, 0.5) is 5.82 Å². The highest BCUT2D eigenvalue weighted by Crippen LogP contribution is 2.00. The Hall–Kier alpha value is -2.05. The zero-order valence-corrected chi connectivity index (χ0v) is 7.77. The maximum absolute atomic E-state index is 11.4. The van der Waals surface area contributed by atoms with E-state index >= 15 is 0 Å². The van der Waals surface area contributed by atoms with Crippen molar-refractivity contribution in [2.45, 2.75) is 0 Å². The quantitative estimate of drug-likeness (QED) is 0.531. The van der Waals surface area contributed by atoms with E-state index in [-0.39, 0.29) is 11.4 Å². The van der Waals surface area contributed by atoms with Crippen molar-refractivity contribution in [3.05, 3.63) is 26.4 Å². The first-order valence-corrected chi connectivity index (χ1v) is 3.73. The second-order valence-electron chi connectivity index (χ2n) is 2.83. The average Bonchev–Trinajstić information content (AvgIpc) is 2.11. The number of carbonyl (C=O) groups excluding carboxylic acids is 1. The fourth-order valence-electron chi connectivity index (χ4n) is 1.09. The van der Waals surface area contributed by atoms with Crippen molar-refractivity contribution >= 4 is 11.7 Å². The number of carbonyl (C=O) groups is 1. The van der Waals surface area contributed by atoms with Crippen molar-refractivity contribution in [3.63, 3.8) is 0 Å². The molecule has 1 amide bonds. The number of amides is 1. The van der Waals surface area contributed by atoms with Crippen molar-refractivity contribution in [3.8, 4) is 0 Å². The number of aromatic nitrogens is 2. The van der Waals surface area contributed by atoms with E-state index in [0.29, 0.717) is 0 Å². The van der Waals surface area contributed by atoms with Gasteiger partial charge in [-0.15, -0.1) is 0 Å². The first-order chi connectivity index (χ1) is 6.37. The molecule has 0 unspecified atom stereocenters. The third-order valence-electron chi connectivity index (χ3n) is 1.96. The maximum atomic E-state index is 11.4. The topological polar surface area (TPSA) is 113 Å². The summed E-state index contributed by atoms with van der Waals surface area (Å²) in [6.45, 7) is 0. The van der Waals surface area contributed by atoms with E-state index in [4.69, 9.17) is 11.5 Å². The van der Waals surface area contributed by atoms with Gasteiger partial charge in [-0.05, 0) is 0 Å². The molecule has 0 aromatic carbocycles. The largest absolute Gasteiger partial charge is 0.384 e. The first-order valence-electron chi connectivity index (χ1n) is 3.73. The number of hydrogen-bond acceptors (Lipinski definition) is 4. The summed E-state index contributed by atoms with van der Waals surface area (Å²) in [5, 5.41) is 0. The van der Waals surface area contributed by atoms with Crippen LogP contribution in [0.5, 0.6) is 0 Å². The molecule has 0 atom stereocenters. The summed E-state index contributed by atoms with van der Waals surface area (Å²) in [7, 11) is 2.60. The monoisotopic (exact) mass is 198 g/mol. The van der Waals surface area contributed by atoms with Gasteiger partial charge in [0.1, 0.15) is 11.4 Å². The van der Waals surface area contributed by atoms with Gasteiger partial charge in [0.2, 0.25) is 0 Å². The highest BCUT2D eigenvalue weighted by molar-refractivity contribution is 5.96. The van der Waals surface area contributed by atoms with Crippen molar-refractivity contribution in [2.24, 2.45) is 19.8 Å². The zero-order valence-electron chi connectivity index (χ0n) is 7.77. The number of anilines is 1. The van der Waals surface area contributed by atoms with Crippen molar-refractivity contribution < 1.29 is 4.79 Å². The lowest BCUT2D eigenvalue weighted by Gasteiger charge is -2.08. The molecule has 14 heavy (non-hydrogen) atoms. The molecule has 1 aromatic rings. The van der Waals surface area contributed by atoms with Gasteiger partial charge in [0, 0.05) is 14.1 Å².